The molecule has 124 valence electrons. The zero-order chi connectivity index (χ0) is 17.0. The molecule has 2 aromatic rings. The van der Waals surface area contributed by atoms with Crippen LogP contribution in [-0.4, -0.2) is 19.0 Å². The van der Waals surface area contributed by atoms with Crippen molar-refractivity contribution < 1.29 is 19.1 Å². The van der Waals surface area contributed by atoms with Crippen molar-refractivity contribution in [2.45, 2.75) is 31.8 Å². The maximum absolute atomic E-state index is 11.3. The van der Waals surface area contributed by atoms with Crippen LogP contribution >= 0.6 is 0 Å². The van der Waals surface area contributed by atoms with Gasteiger partial charge in [-0.2, -0.15) is 0 Å². The van der Waals surface area contributed by atoms with E-state index in [4.69, 9.17) is 9.47 Å². The van der Waals surface area contributed by atoms with Crippen molar-refractivity contribution in [3.63, 3.8) is 0 Å². The molecular formula is C20H20O4. The topological polar surface area (TPSA) is 52.6 Å². The first-order valence-corrected chi connectivity index (χ1v) is 8.13. The van der Waals surface area contributed by atoms with Gasteiger partial charge in [0.25, 0.3) is 6.47 Å². The molecule has 0 bridgehead atoms. The average molecular weight is 324 g/mol. The first-order chi connectivity index (χ1) is 11.7. The van der Waals surface area contributed by atoms with Crippen LogP contribution in [0.5, 0.6) is 0 Å². The van der Waals surface area contributed by atoms with Crippen molar-refractivity contribution in [1.82, 2.24) is 0 Å². The number of esters is 1. The van der Waals surface area contributed by atoms with Crippen molar-refractivity contribution in [3.8, 4) is 11.1 Å². The van der Waals surface area contributed by atoms with Crippen LogP contribution in [0.3, 0.4) is 0 Å². The molecule has 0 N–H and O–H groups in total. The van der Waals surface area contributed by atoms with E-state index >= 15 is 0 Å². The number of rotatable bonds is 7. The summed E-state index contributed by atoms with van der Waals surface area (Å²) in [7, 11) is 0. The minimum atomic E-state index is -0.759. The second-order valence-electron chi connectivity index (χ2n) is 5.93. The molecule has 0 spiro atoms. The van der Waals surface area contributed by atoms with E-state index in [1.165, 1.54) is 6.92 Å². The van der Waals surface area contributed by atoms with Crippen molar-refractivity contribution in [3.05, 3.63) is 59.7 Å². The van der Waals surface area contributed by atoms with E-state index in [0.717, 1.165) is 35.1 Å². The first kappa shape index (κ1) is 16.2. The molecule has 4 heteroatoms. The van der Waals surface area contributed by atoms with Crippen LogP contribution in [0.1, 0.15) is 37.3 Å². The van der Waals surface area contributed by atoms with E-state index in [2.05, 4.69) is 12.1 Å². The molecule has 1 aliphatic carbocycles. The van der Waals surface area contributed by atoms with Crippen LogP contribution < -0.4 is 0 Å². The number of hydrogen-bond acceptors (Lipinski definition) is 4. The lowest BCUT2D eigenvalue weighted by atomic mass is 9.86. The summed E-state index contributed by atoms with van der Waals surface area (Å²) in [6.07, 6.45) is 2.17. The lowest BCUT2D eigenvalue weighted by Crippen LogP contribution is -2.28. The van der Waals surface area contributed by atoms with Gasteiger partial charge in [-0.05, 0) is 30.4 Å². The molecule has 0 saturated heterocycles. The van der Waals surface area contributed by atoms with Gasteiger partial charge in [0.15, 0.2) is 5.60 Å². The molecule has 0 fully saturated rings. The van der Waals surface area contributed by atoms with Crippen molar-refractivity contribution in [2.75, 3.05) is 6.61 Å². The van der Waals surface area contributed by atoms with Gasteiger partial charge in [0, 0.05) is 18.1 Å². The zero-order valence-corrected chi connectivity index (χ0v) is 13.7. The third-order valence-electron chi connectivity index (χ3n) is 4.49. The number of fused-ring (bicyclic) bond motifs is 3. The Morgan fingerprint density at radius 3 is 2.12 bits per heavy atom. The van der Waals surface area contributed by atoms with E-state index < -0.39 is 5.60 Å². The smallest absolute Gasteiger partial charge is 0.302 e. The molecule has 4 nitrogen and oxygen atoms in total. The highest BCUT2D eigenvalue weighted by Crippen LogP contribution is 2.51. The normalized spacial score (nSPS) is 13.7. The molecule has 0 saturated carbocycles. The summed E-state index contributed by atoms with van der Waals surface area (Å²) in [5, 5.41) is 0. The first-order valence-electron chi connectivity index (χ1n) is 8.13. The highest BCUT2D eigenvalue weighted by Gasteiger charge is 2.44. The van der Waals surface area contributed by atoms with E-state index in [1.54, 1.807) is 0 Å². The van der Waals surface area contributed by atoms with Gasteiger partial charge in [-0.15, -0.1) is 0 Å². The Morgan fingerprint density at radius 2 is 1.58 bits per heavy atom. The van der Waals surface area contributed by atoms with Gasteiger partial charge in [0.05, 0.1) is 6.61 Å². The predicted molar refractivity (Wildman–Crippen MR) is 90.3 cm³/mol. The summed E-state index contributed by atoms with van der Waals surface area (Å²) in [5.74, 6) is -0.273. The molecule has 24 heavy (non-hydrogen) atoms. The molecule has 0 aromatic heterocycles. The maximum Gasteiger partial charge on any atom is 0.302 e. The molecule has 3 rings (SSSR count). The standard InChI is InChI=1S/C20H20O4/c1-15(22)23-13-7-6-12-20(24-14-21)18-10-4-2-8-16(18)17-9-3-5-11-19(17)20/h2-5,8-11,14H,6-7,12-13H2,1H3. The SMILES string of the molecule is CC(=O)OCCCCC1(OC=O)c2ccccc2-c2ccccc21. The van der Waals surface area contributed by atoms with Crippen LogP contribution in [0.25, 0.3) is 11.1 Å². The van der Waals surface area contributed by atoms with Gasteiger partial charge in [-0.3, -0.25) is 9.59 Å². The molecule has 2 aromatic carbocycles. The second-order valence-corrected chi connectivity index (χ2v) is 5.93. The Hall–Kier alpha value is -2.62. The van der Waals surface area contributed by atoms with E-state index in [9.17, 15) is 9.59 Å². The summed E-state index contributed by atoms with van der Waals surface area (Å²) in [6, 6.07) is 16.1. The van der Waals surface area contributed by atoms with Gasteiger partial charge in [-0.1, -0.05) is 48.5 Å². The number of hydrogen-bond donors (Lipinski definition) is 0. The van der Waals surface area contributed by atoms with Gasteiger partial charge >= 0.3 is 5.97 Å². The molecule has 0 aliphatic heterocycles. The number of unbranched alkanes of at least 4 members (excludes halogenated alkanes) is 1. The lowest BCUT2D eigenvalue weighted by Gasteiger charge is -2.30. The number of carbonyl (C=O) groups is 2. The molecule has 0 radical (unpaired) electrons. The van der Waals surface area contributed by atoms with Crippen LogP contribution in [0.15, 0.2) is 48.5 Å². The van der Waals surface area contributed by atoms with Crippen LogP contribution in [-0.2, 0) is 24.7 Å². The molecule has 1 aliphatic rings. The fourth-order valence-electron chi connectivity index (χ4n) is 3.51. The van der Waals surface area contributed by atoms with E-state index in [0.29, 0.717) is 19.5 Å². The molecule has 0 atom stereocenters. The summed E-state index contributed by atoms with van der Waals surface area (Å²) >= 11 is 0. The van der Waals surface area contributed by atoms with E-state index in [-0.39, 0.29) is 5.97 Å². The molecular weight excluding hydrogens is 304 g/mol. The third kappa shape index (κ3) is 2.80. The maximum atomic E-state index is 11.3. The van der Waals surface area contributed by atoms with Gasteiger partial charge in [0.2, 0.25) is 0 Å². The number of carbonyl (C=O) groups excluding carboxylic acids is 2. The Kier molecular flexibility index (Phi) is 4.65. The summed E-state index contributed by atoms with van der Waals surface area (Å²) in [4.78, 5) is 22.1. The number of benzene rings is 2. The zero-order valence-electron chi connectivity index (χ0n) is 13.7. The lowest BCUT2D eigenvalue weighted by molar-refractivity contribution is -0.141. The van der Waals surface area contributed by atoms with Gasteiger partial charge in [0.1, 0.15) is 0 Å². The monoisotopic (exact) mass is 324 g/mol. The minimum absolute atomic E-state index is 0.273. The quantitative estimate of drug-likeness (QED) is 0.441. The molecule has 0 amide bonds. The predicted octanol–water partition coefficient (Wildman–Crippen LogP) is 3.82. The van der Waals surface area contributed by atoms with Crippen LogP contribution in [0.4, 0.5) is 0 Å². The second kappa shape index (κ2) is 6.87. The summed E-state index contributed by atoms with van der Waals surface area (Å²) in [5.41, 5.74) is 3.49. The summed E-state index contributed by atoms with van der Waals surface area (Å²) in [6.45, 7) is 2.32. The van der Waals surface area contributed by atoms with Crippen molar-refractivity contribution >= 4 is 12.4 Å². The third-order valence-corrected chi connectivity index (χ3v) is 4.49. The van der Waals surface area contributed by atoms with Crippen molar-refractivity contribution in [2.24, 2.45) is 0 Å². The van der Waals surface area contributed by atoms with Crippen LogP contribution in [0, 0.1) is 0 Å². The summed E-state index contributed by atoms with van der Waals surface area (Å²) < 4.78 is 10.7. The molecule has 0 heterocycles. The largest absolute Gasteiger partial charge is 0.466 e. The number of ether oxygens (including phenoxy) is 2. The van der Waals surface area contributed by atoms with Gasteiger partial charge in [-0.25, -0.2) is 0 Å². The van der Waals surface area contributed by atoms with Crippen LogP contribution in [0.2, 0.25) is 0 Å². The van der Waals surface area contributed by atoms with Crippen molar-refractivity contribution in [1.29, 1.82) is 0 Å². The highest BCUT2D eigenvalue weighted by molar-refractivity contribution is 5.80. The Bertz CT molecular complexity index is 705. The highest BCUT2D eigenvalue weighted by atomic mass is 16.5. The molecule has 0 unspecified atom stereocenters. The van der Waals surface area contributed by atoms with Gasteiger partial charge < -0.3 is 9.47 Å². The van der Waals surface area contributed by atoms with E-state index in [1.807, 2.05) is 36.4 Å². The fourth-order valence-corrected chi connectivity index (χ4v) is 3.51. The minimum Gasteiger partial charge on any atom is -0.466 e. The Morgan fingerprint density at radius 1 is 1.00 bits per heavy atom. The average Bonchev–Trinajstić information content (AvgIpc) is 2.86. The fraction of sp³-hybridized carbons (Fsp3) is 0.300. The Labute approximate surface area is 141 Å². The Balaban J connectivity index is 1.91.